The number of hydrogen-bond donors (Lipinski definition) is 0. The molecule has 142 valence electrons. The molecule has 5 nitrogen and oxygen atoms in total. The van der Waals surface area contributed by atoms with Gasteiger partial charge in [0, 0.05) is 37.9 Å². The molecule has 0 N–H and O–H groups in total. The van der Waals surface area contributed by atoms with Crippen LogP contribution in [-0.2, 0) is 7.05 Å². The molecule has 1 aromatic carbocycles. The van der Waals surface area contributed by atoms with Crippen molar-refractivity contribution in [2.75, 3.05) is 13.1 Å². The summed E-state index contributed by atoms with van der Waals surface area (Å²) >= 11 is 0. The lowest BCUT2D eigenvalue weighted by molar-refractivity contribution is 0.0300. The first-order valence-electron chi connectivity index (χ1n) is 9.64. The standard InChI is InChI=1S/C22H26N2O3/c1-15-13-18(16(2)23(15)3)21(26)24-11-6-9-22(10-12-24)14-19(25)17-7-4-5-8-20(17)27-22/h4-5,7-8,13H,6,9-12,14H2,1-3H3. The highest BCUT2D eigenvalue weighted by Gasteiger charge is 2.42. The summed E-state index contributed by atoms with van der Waals surface area (Å²) < 4.78 is 8.38. The zero-order chi connectivity index (χ0) is 19.2. The van der Waals surface area contributed by atoms with E-state index in [0.29, 0.717) is 37.2 Å². The van der Waals surface area contributed by atoms with Gasteiger partial charge in [-0.3, -0.25) is 9.59 Å². The van der Waals surface area contributed by atoms with Crippen molar-refractivity contribution in [2.24, 2.45) is 7.05 Å². The second kappa shape index (κ2) is 6.55. The summed E-state index contributed by atoms with van der Waals surface area (Å²) in [6, 6.07) is 9.44. The lowest BCUT2D eigenvalue weighted by atomic mass is 9.84. The normalized spacial score (nSPS) is 22.3. The Labute approximate surface area is 159 Å². The van der Waals surface area contributed by atoms with Gasteiger partial charge in [-0.15, -0.1) is 0 Å². The number of Topliss-reactive ketones (excluding diaryl/α,β-unsaturated/α-hetero) is 1. The Hall–Kier alpha value is -2.56. The first kappa shape index (κ1) is 17.8. The number of aryl methyl sites for hydroxylation is 1. The van der Waals surface area contributed by atoms with Crippen molar-refractivity contribution in [3.05, 3.63) is 52.8 Å². The molecular formula is C22H26N2O3. The van der Waals surface area contributed by atoms with Crippen molar-refractivity contribution in [1.82, 2.24) is 9.47 Å². The largest absolute Gasteiger partial charge is 0.486 e. The van der Waals surface area contributed by atoms with Gasteiger partial charge in [0.1, 0.15) is 11.4 Å². The Balaban J connectivity index is 1.54. The molecule has 2 aromatic rings. The third-order valence-electron chi connectivity index (χ3n) is 6.19. The summed E-state index contributed by atoms with van der Waals surface area (Å²) in [7, 11) is 1.98. The number of hydrogen-bond acceptors (Lipinski definition) is 3. The number of ketones is 1. The zero-order valence-corrected chi connectivity index (χ0v) is 16.2. The predicted molar refractivity (Wildman–Crippen MR) is 103 cm³/mol. The van der Waals surface area contributed by atoms with E-state index in [-0.39, 0.29) is 11.7 Å². The van der Waals surface area contributed by atoms with Crippen molar-refractivity contribution in [1.29, 1.82) is 0 Å². The molecule has 2 aliphatic heterocycles. The molecule has 1 saturated heterocycles. The molecular weight excluding hydrogens is 340 g/mol. The van der Waals surface area contributed by atoms with E-state index >= 15 is 0 Å². The topological polar surface area (TPSA) is 51.5 Å². The van der Waals surface area contributed by atoms with Crippen LogP contribution in [0.1, 0.15) is 57.8 Å². The average molecular weight is 366 g/mol. The van der Waals surface area contributed by atoms with Crippen molar-refractivity contribution in [3.63, 3.8) is 0 Å². The average Bonchev–Trinajstić information content (AvgIpc) is 2.82. The van der Waals surface area contributed by atoms with E-state index in [9.17, 15) is 9.59 Å². The summed E-state index contributed by atoms with van der Waals surface area (Å²) in [6.07, 6.45) is 2.72. The van der Waals surface area contributed by atoms with E-state index in [1.165, 1.54) is 0 Å². The number of ether oxygens (including phenoxy) is 1. The maximum atomic E-state index is 13.1. The van der Waals surface area contributed by atoms with Crippen LogP contribution >= 0.6 is 0 Å². The number of carbonyl (C=O) groups excluding carboxylic acids is 2. The van der Waals surface area contributed by atoms with Crippen molar-refractivity contribution < 1.29 is 14.3 Å². The number of amides is 1. The number of nitrogens with zero attached hydrogens (tertiary/aromatic N) is 2. The third kappa shape index (κ3) is 3.05. The minimum Gasteiger partial charge on any atom is -0.486 e. The fraction of sp³-hybridized carbons (Fsp3) is 0.455. The van der Waals surface area contributed by atoms with Crippen molar-refractivity contribution in [2.45, 2.75) is 45.1 Å². The number of fused-ring (bicyclic) bond motifs is 1. The van der Waals surface area contributed by atoms with Crippen LogP contribution in [0.4, 0.5) is 0 Å². The van der Waals surface area contributed by atoms with Crippen LogP contribution in [0.2, 0.25) is 0 Å². The highest BCUT2D eigenvalue weighted by molar-refractivity contribution is 6.00. The van der Waals surface area contributed by atoms with Crippen LogP contribution in [-0.4, -0.2) is 39.8 Å². The van der Waals surface area contributed by atoms with Gasteiger partial charge in [0.25, 0.3) is 5.91 Å². The quantitative estimate of drug-likeness (QED) is 0.774. The van der Waals surface area contributed by atoms with E-state index in [0.717, 1.165) is 29.8 Å². The SMILES string of the molecule is Cc1cc(C(=O)N2CCCC3(CC2)CC(=O)c2ccccc2O3)c(C)n1C. The van der Waals surface area contributed by atoms with E-state index in [1.807, 2.05) is 60.7 Å². The summed E-state index contributed by atoms with van der Waals surface area (Å²) in [5.74, 6) is 0.907. The summed E-state index contributed by atoms with van der Waals surface area (Å²) in [4.78, 5) is 27.6. The van der Waals surface area contributed by atoms with Crippen LogP contribution in [0.15, 0.2) is 30.3 Å². The molecule has 1 unspecified atom stereocenters. The second-order valence-electron chi connectivity index (χ2n) is 7.87. The Kier molecular flexibility index (Phi) is 4.33. The fourth-order valence-electron chi connectivity index (χ4n) is 4.33. The molecule has 0 radical (unpaired) electrons. The Morgan fingerprint density at radius 3 is 2.67 bits per heavy atom. The number of benzene rings is 1. The summed E-state index contributed by atoms with van der Waals surface area (Å²) in [5.41, 5.74) is 3.05. The molecule has 3 heterocycles. The second-order valence-corrected chi connectivity index (χ2v) is 7.87. The van der Waals surface area contributed by atoms with Crippen LogP contribution in [0.25, 0.3) is 0 Å². The maximum Gasteiger partial charge on any atom is 0.255 e. The molecule has 4 rings (SSSR count). The number of para-hydroxylation sites is 1. The molecule has 1 atom stereocenters. The van der Waals surface area contributed by atoms with Gasteiger partial charge in [-0.2, -0.15) is 0 Å². The molecule has 0 saturated carbocycles. The molecule has 0 aliphatic carbocycles. The van der Waals surface area contributed by atoms with Gasteiger partial charge in [0.15, 0.2) is 5.78 Å². The van der Waals surface area contributed by atoms with Crippen LogP contribution in [0, 0.1) is 13.8 Å². The molecule has 0 bridgehead atoms. The van der Waals surface area contributed by atoms with Crippen LogP contribution in [0.3, 0.4) is 0 Å². The Bertz CT molecular complexity index is 914. The number of rotatable bonds is 1. The van der Waals surface area contributed by atoms with Crippen LogP contribution < -0.4 is 4.74 Å². The lowest BCUT2D eigenvalue weighted by Crippen LogP contribution is -2.43. The highest BCUT2D eigenvalue weighted by atomic mass is 16.5. The lowest BCUT2D eigenvalue weighted by Gasteiger charge is -2.37. The van der Waals surface area contributed by atoms with Gasteiger partial charge in [-0.25, -0.2) is 0 Å². The van der Waals surface area contributed by atoms with E-state index < -0.39 is 5.60 Å². The summed E-state index contributed by atoms with van der Waals surface area (Å²) in [5, 5.41) is 0. The summed E-state index contributed by atoms with van der Waals surface area (Å²) in [6.45, 7) is 5.31. The molecule has 1 spiro atoms. The molecule has 1 aromatic heterocycles. The number of likely N-dealkylation sites (tertiary alicyclic amines) is 1. The molecule has 27 heavy (non-hydrogen) atoms. The van der Waals surface area contributed by atoms with E-state index in [2.05, 4.69) is 0 Å². The van der Waals surface area contributed by atoms with Gasteiger partial charge in [0.2, 0.25) is 0 Å². The third-order valence-corrected chi connectivity index (χ3v) is 6.19. The minimum absolute atomic E-state index is 0.0794. The number of carbonyl (C=O) groups is 2. The monoisotopic (exact) mass is 366 g/mol. The van der Waals surface area contributed by atoms with Gasteiger partial charge in [-0.1, -0.05) is 12.1 Å². The first-order chi connectivity index (χ1) is 12.9. The predicted octanol–water partition coefficient (Wildman–Crippen LogP) is 3.67. The maximum absolute atomic E-state index is 13.1. The van der Waals surface area contributed by atoms with E-state index in [1.54, 1.807) is 0 Å². The smallest absolute Gasteiger partial charge is 0.255 e. The Morgan fingerprint density at radius 1 is 1.15 bits per heavy atom. The Morgan fingerprint density at radius 2 is 1.93 bits per heavy atom. The molecule has 1 amide bonds. The molecule has 5 heteroatoms. The van der Waals surface area contributed by atoms with Gasteiger partial charge in [0.05, 0.1) is 17.5 Å². The highest BCUT2D eigenvalue weighted by Crippen LogP contribution is 2.39. The van der Waals surface area contributed by atoms with E-state index in [4.69, 9.17) is 4.74 Å². The van der Waals surface area contributed by atoms with Gasteiger partial charge >= 0.3 is 0 Å². The molecule has 2 aliphatic rings. The van der Waals surface area contributed by atoms with Gasteiger partial charge in [-0.05, 0) is 44.9 Å². The zero-order valence-electron chi connectivity index (χ0n) is 16.2. The number of aromatic nitrogens is 1. The fourth-order valence-corrected chi connectivity index (χ4v) is 4.33. The van der Waals surface area contributed by atoms with Crippen molar-refractivity contribution >= 4 is 11.7 Å². The van der Waals surface area contributed by atoms with Crippen LogP contribution in [0.5, 0.6) is 5.75 Å². The first-order valence-corrected chi connectivity index (χ1v) is 9.64. The molecule has 1 fully saturated rings. The van der Waals surface area contributed by atoms with Gasteiger partial charge < -0.3 is 14.2 Å². The van der Waals surface area contributed by atoms with Crippen molar-refractivity contribution in [3.8, 4) is 5.75 Å². The minimum atomic E-state index is -0.484.